The molecule has 0 unspecified atom stereocenters. The third-order valence-corrected chi connectivity index (χ3v) is 6.93. The van der Waals surface area contributed by atoms with Gasteiger partial charge in [-0.05, 0) is 91.5 Å². The van der Waals surface area contributed by atoms with Crippen molar-refractivity contribution < 1.29 is 0 Å². The highest BCUT2D eigenvalue weighted by Crippen LogP contribution is 2.17. The van der Waals surface area contributed by atoms with Gasteiger partial charge < -0.3 is 19.5 Å². The highest BCUT2D eigenvalue weighted by molar-refractivity contribution is 14.0. The summed E-state index contributed by atoms with van der Waals surface area (Å²) in [6.45, 7) is 28.5. The van der Waals surface area contributed by atoms with E-state index < -0.39 is 0 Å². The Labute approximate surface area is 257 Å². The SMILES string of the molecule is C.C.CB1CCCN(C)C1.CB1CCCN(C)C1.CC.CC.CC(C)N(B1CCCN(C)C1)C(C)C.I. The third kappa shape index (κ3) is 24.3. The second kappa shape index (κ2) is 29.7. The van der Waals surface area contributed by atoms with Gasteiger partial charge >= 0.3 is 0 Å². The number of nitrogens with zero attached hydrogens (tertiary/aromatic N) is 4. The summed E-state index contributed by atoms with van der Waals surface area (Å²) in [4.78, 5) is 9.95. The molecule has 3 heterocycles. The molecule has 0 saturated carbocycles. The molecule has 0 radical (unpaired) electrons. The second-order valence-corrected chi connectivity index (χ2v) is 11.2. The molecule has 0 aromatic heterocycles. The van der Waals surface area contributed by atoms with E-state index in [1.54, 1.807) is 0 Å². The molecule has 0 aromatic carbocycles. The lowest BCUT2D eigenvalue weighted by atomic mass is 9.47. The molecule has 3 aliphatic rings. The number of hydrogen-bond acceptors (Lipinski definition) is 4. The Kier molecular flexibility index (Phi) is 38.2. The predicted octanol–water partition coefficient (Wildman–Crippen LogP) is 7.89. The Hall–Kier alpha value is 0.765. The minimum atomic E-state index is 0. The van der Waals surface area contributed by atoms with Crippen molar-refractivity contribution in [1.29, 1.82) is 0 Å². The van der Waals surface area contributed by atoms with Crippen LogP contribution in [0, 0.1) is 0 Å². The molecule has 0 aliphatic carbocycles. The van der Waals surface area contributed by atoms with Crippen LogP contribution in [0.15, 0.2) is 0 Å². The first-order valence-corrected chi connectivity index (χ1v) is 14.9. The zero-order valence-corrected chi connectivity index (χ0v) is 28.9. The van der Waals surface area contributed by atoms with Crippen LogP contribution >= 0.6 is 24.0 Å². The quantitative estimate of drug-likeness (QED) is 0.231. The predicted molar refractivity (Wildman–Crippen MR) is 193 cm³/mol. The fourth-order valence-electron chi connectivity index (χ4n) is 5.67. The first kappa shape index (κ1) is 47.5. The van der Waals surface area contributed by atoms with Crippen LogP contribution in [-0.2, 0) is 0 Å². The fourth-order valence-corrected chi connectivity index (χ4v) is 5.67. The molecule has 3 rings (SSSR count). The van der Waals surface area contributed by atoms with Crippen LogP contribution in [0.4, 0.5) is 0 Å². The van der Waals surface area contributed by atoms with E-state index in [4.69, 9.17) is 0 Å². The summed E-state index contributed by atoms with van der Waals surface area (Å²) in [6, 6.07) is 1.35. The molecular formula is C29H74B3IN4. The van der Waals surface area contributed by atoms with Gasteiger partial charge in [0.1, 0.15) is 0 Å². The highest BCUT2D eigenvalue weighted by Gasteiger charge is 2.30. The number of rotatable bonds is 3. The van der Waals surface area contributed by atoms with E-state index in [1.807, 2.05) is 27.7 Å². The molecule has 0 spiro atoms. The van der Waals surface area contributed by atoms with Crippen LogP contribution < -0.4 is 0 Å². The number of hydrogen-bond donors (Lipinski definition) is 0. The molecule has 0 aromatic rings. The molecule has 3 saturated heterocycles. The maximum atomic E-state index is 2.66. The van der Waals surface area contributed by atoms with E-state index >= 15 is 0 Å². The summed E-state index contributed by atoms with van der Waals surface area (Å²) in [5.41, 5.74) is 0. The van der Waals surface area contributed by atoms with E-state index in [0.29, 0.717) is 12.1 Å². The van der Waals surface area contributed by atoms with Crippen molar-refractivity contribution in [1.82, 2.24) is 19.5 Å². The Bertz CT molecular complexity index is 403. The van der Waals surface area contributed by atoms with E-state index in [-0.39, 0.29) is 38.8 Å². The molecule has 226 valence electrons. The summed E-state index contributed by atoms with van der Waals surface area (Å²) in [7, 11) is 6.65. The van der Waals surface area contributed by atoms with Gasteiger partial charge in [-0.25, -0.2) is 0 Å². The van der Waals surface area contributed by atoms with Crippen molar-refractivity contribution in [2.75, 3.05) is 60.1 Å². The first-order valence-electron chi connectivity index (χ1n) is 14.9. The van der Waals surface area contributed by atoms with Crippen LogP contribution in [0.25, 0.3) is 0 Å². The van der Waals surface area contributed by atoms with E-state index in [1.165, 1.54) is 77.2 Å². The van der Waals surface area contributed by atoms with Gasteiger partial charge in [0.15, 0.2) is 13.4 Å². The molecule has 4 nitrogen and oxygen atoms in total. The van der Waals surface area contributed by atoms with Gasteiger partial charge in [-0.2, -0.15) is 0 Å². The minimum Gasteiger partial charge on any atom is -0.337 e. The maximum absolute atomic E-state index is 2.66. The average Bonchev–Trinajstić information content (AvgIpc) is 2.77. The topological polar surface area (TPSA) is 13.0 Å². The lowest BCUT2D eigenvalue weighted by molar-refractivity contribution is 0.272. The second-order valence-electron chi connectivity index (χ2n) is 11.2. The van der Waals surface area contributed by atoms with Gasteiger partial charge in [0.25, 0.3) is 0 Å². The number of halogens is 1. The zero-order chi connectivity index (χ0) is 26.7. The molecule has 3 fully saturated rings. The van der Waals surface area contributed by atoms with Crippen molar-refractivity contribution in [3.8, 4) is 0 Å². The van der Waals surface area contributed by atoms with Gasteiger partial charge in [0.2, 0.25) is 6.85 Å². The lowest BCUT2D eigenvalue weighted by Crippen LogP contribution is -2.55. The van der Waals surface area contributed by atoms with Crippen LogP contribution in [0.3, 0.4) is 0 Å². The van der Waals surface area contributed by atoms with E-state index in [2.05, 4.69) is 82.0 Å². The Morgan fingerprint density at radius 2 is 0.865 bits per heavy atom. The van der Waals surface area contributed by atoms with Crippen molar-refractivity contribution in [2.24, 2.45) is 0 Å². The summed E-state index contributed by atoms with van der Waals surface area (Å²) >= 11 is 0. The van der Waals surface area contributed by atoms with Crippen molar-refractivity contribution >= 4 is 44.2 Å². The van der Waals surface area contributed by atoms with Crippen LogP contribution in [0.1, 0.15) is 89.5 Å². The van der Waals surface area contributed by atoms with Crippen LogP contribution in [0.5, 0.6) is 0 Å². The Morgan fingerprint density at radius 3 is 1.08 bits per heavy atom. The maximum Gasteiger partial charge on any atom is 0.238 e. The fraction of sp³-hybridized carbons (Fsp3) is 1.00. The summed E-state index contributed by atoms with van der Waals surface area (Å²) in [5, 5.41) is 0. The normalized spacial score (nSPS) is 18.3. The molecule has 0 atom stereocenters. The summed E-state index contributed by atoms with van der Waals surface area (Å²) in [6.07, 6.45) is 12.3. The van der Waals surface area contributed by atoms with Crippen molar-refractivity contribution in [2.45, 2.75) is 134 Å². The molecule has 37 heavy (non-hydrogen) atoms. The van der Waals surface area contributed by atoms with Gasteiger partial charge in [-0.3, -0.25) is 0 Å². The van der Waals surface area contributed by atoms with E-state index in [0.717, 1.165) is 20.3 Å². The molecule has 8 heteroatoms. The zero-order valence-electron chi connectivity index (χ0n) is 26.6. The molecule has 0 N–H and O–H groups in total. The van der Waals surface area contributed by atoms with E-state index in [9.17, 15) is 0 Å². The molecule has 0 bridgehead atoms. The molecule has 0 amide bonds. The highest BCUT2D eigenvalue weighted by atomic mass is 127. The monoisotopic (exact) mass is 639 g/mol. The lowest BCUT2D eigenvalue weighted by Gasteiger charge is -2.40. The van der Waals surface area contributed by atoms with Gasteiger partial charge in [-0.15, -0.1) is 24.0 Å². The van der Waals surface area contributed by atoms with Crippen molar-refractivity contribution in [3.63, 3.8) is 0 Å². The van der Waals surface area contributed by atoms with Crippen LogP contribution in [-0.4, -0.2) is 112 Å². The Balaban J connectivity index is -0.000000130. The van der Waals surface area contributed by atoms with Crippen LogP contribution in [0.2, 0.25) is 32.6 Å². The largest absolute Gasteiger partial charge is 0.337 e. The molecular weight excluding hydrogens is 564 g/mol. The minimum absolute atomic E-state index is 0. The third-order valence-electron chi connectivity index (χ3n) is 6.93. The van der Waals surface area contributed by atoms with Crippen molar-refractivity contribution in [3.05, 3.63) is 0 Å². The van der Waals surface area contributed by atoms with Gasteiger partial charge in [0, 0.05) is 0 Å². The summed E-state index contributed by atoms with van der Waals surface area (Å²) in [5.74, 6) is 0. The summed E-state index contributed by atoms with van der Waals surface area (Å²) < 4.78 is 0. The van der Waals surface area contributed by atoms with Gasteiger partial charge in [-0.1, -0.05) is 103 Å². The van der Waals surface area contributed by atoms with Gasteiger partial charge in [0.05, 0.1) is 0 Å². The standard InChI is InChI=1S/C11H25BN2.2C6H14BN.2C2H6.2CH4.HI/c1-10(2)14(11(3)4)12-7-6-8-13(5)9-12;2*1-7-4-3-5-8(2)6-7;2*1-2;;;/h10-11H,6-9H2,1-5H3;2*3-6H2,1-2H3;2*1-2H3;2*1H4;1H. The molecule has 3 aliphatic heterocycles. The smallest absolute Gasteiger partial charge is 0.238 e. The Morgan fingerprint density at radius 1 is 0.568 bits per heavy atom. The first-order chi connectivity index (χ1) is 16.1. The average molecular weight is 638 g/mol.